The number of halogens is 4. The fourth-order valence-electron chi connectivity index (χ4n) is 5.82. The average molecular weight is 369 g/mol. The third-order valence-corrected chi connectivity index (χ3v) is 7.46. The summed E-state index contributed by atoms with van der Waals surface area (Å²) in [6.45, 7) is 5.08. The highest BCUT2D eigenvalue weighted by atomic mass is 35.5. The summed E-state index contributed by atoms with van der Waals surface area (Å²) < 4.78 is 45.6. The molecule has 3 rings (SSSR count). The Morgan fingerprint density at radius 3 is 2.29 bits per heavy atom. The van der Waals surface area contributed by atoms with E-state index in [1.807, 2.05) is 0 Å². The van der Waals surface area contributed by atoms with Gasteiger partial charge in [-0.3, -0.25) is 4.79 Å². The van der Waals surface area contributed by atoms with E-state index in [4.69, 9.17) is 16.3 Å². The summed E-state index contributed by atoms with van der Waals surface area (Å²) in [5, 5.41) is 10.2. The average Bonchev–Trinajstić information content (AvgIpc) is 3.10. The first-order valence-electron chi connectivity index (χ1n) is 8.55. The molecule has 0 amide bonds. The van der Waals surface area contributed by atoms with Crippen LogP contribution in [0.5, 0.6) is 0 Å². The van der Waals surface area contributed by atoms with Gasteiger partial charge in [0.1, 0.15) is 12.0 Å². The number of carbonyl (C=O) groups excluding carboxylic acids is 1. The largest absolute Gasteiger partial charge is 0.461 e. The maximum Gasteiger partial charge on any atom is 0.417 e. The fourth-order valence-corrected chi connectivity index (χ4v) is 5.88. The van der Waals surface area contributed by atoms with Crippen LogP contribution in [0, 0.1) is 41.4 Å². The molecule has 3 saturated carbocycles. The van der Waals surface area contributed by atoms with Gasteiger partial charge in [-0.2, -0.15) is 13.2 Å². The molecule has 3 aliphatic carbocycles. The first kappa shape index (κ1) is 18.3. The van der Waals surface area contributed by atoms with E-state index >= 15 is 0 Å². The van der Waals surface area contributed by atoms with E-state index in [1.165, 1.54) is 0 Å². The van der Waals surface area contributed by atoms with E-state index in [9.17, 15) is 23.1 Å². The lowest BCUT2D eigenvalue weighted by atomic mass is 9.70. The van der Waals surface area contributed by atoms with Gasteiger partial charge in [0.25, 0.3) is 0 Å². The molecule has 7 heteroatoms. The third-order valence-electron chi connectivity index (χ3n) is 7.24. The van der Waals surface area contributed by atoms with Crippen LogP contribution in [-0.2, 0) is 9.53 Å². The number of hydrogen-bond donors (Lipinski definition) is 1. The highest BCUT2D eigenvalue weighted by Gasteiger charge is 2.68. The molecule has 24 heavy (non-hydrogen) atoms. The van der Waals surface area contributed by atoms with E-state index in [2.05, 4.69) is 13.8 Å². The SMILES string of the molecule is CC1C(C)C2CC1C1CC(C(C)(O)C(F)(F)F)C(OC(=O)CCl)C21. The molecule has 0 aromatic heterocycles. The third kappa shape index (κ3) is 2.47. The van der Waals surface area contributed by atoms with Gasteiger partial charge in [0, 0.05) is 11.8 Å². The molecule has 0 heterocycles. The van der Waals surface area contributed by atoms with Crippen LogP contribution in [0.3, 0.4) is 0 Å². The van der Waals surface area contributed by atoms with E-state index in [0.717, 1.165) is 13.3 Å². The molecule has 0 aromatic carbocycles. The monoisotopic (exact) mass is 368 g/mol. The lowest BCUT2D eigenvalue weighted by Crippen LogP contribution is -2.53. The Hall–Kier alpha value is -0.490. The van der Waals surface area contributed by atoms with Crippen LogP contribution in [0.4, 0.5) is 13.2 Å². The predicted octanol–water partition coefficient (Wildman–Crippen LogP) is 3.62. The lowest BCUT2D eigenvalue weighted by molar-refractivity contribution is -0.281. The molecular formula is C17H24ClF3O3. The predicted molar refractivity (Wildman–Crippen MR) is 82.3 cm³/mol. The Morgan fingerprint density at radius 2 is 1.75 bits per heavy atom. The normalized spacial score (nSPS) is 46.7. The van der Waals surface area contributed by atoms with Crippen molar-refractivity contribution in [3.63, 3.8) is 0 Å². The highest BCUT2D eigenvalue weighted by Crippen LogP contribution is 2.66. The van der Waals surface area contributed by atoms with Gasteiger partial charge in [0.15, 0.2) is 5.60 Å². The second-order valence-electron chi connectivity index (χ2n) is 8.10. The lowest BCUT2D eigenvalue weighted by Gasteiger charge is -2.39. The fraction of sp³-hybridized carbons (Fsp3) is 0.941. The summed E-state index contributed by atoms with van der Waals surface area (Å²) in [6.07, 6.45) is -4.45. The minimum Gasteiger partial charge on any atom is -0.461 e. The van der Waals surface area contributed by atoms with Crippen molar-refractivity contribution in [1.82, 2.24) is 0 Å². The molecule has 138 valence electrons. The molecule has 9 atom stereocenters. The first-order valence-corrected chi connectivity index (χ1v) is 9.08. The zero-order valence-corrected chi connectivity index (χ0v) is 14.8. The summed E-state index contributed by atoms with van der Waals surface area (Å²) >= 11 is 5.50. The number of rotatable bonds is 3. The number of aliphatic hydroxyl groups is 1. The van der Waals surface area contributed by atoms with E-state index in [-0.39, 0.29) is 24.2 Å². The van der Waals surface area contributed by atoms with Crippen molar-refractivity contribution in [2.45, 2.75) is 51.5 Å². The Bertz CT molecular complexity index is 522. The summed E-state index contributed by atoms with van der Waals surface area (Å²) in [5.74, 6) is -0.831. The molecule has 0 saturated heterocycles. The Kier molecular flexibility index (Phi) is 4.40. The van der Waals surface area contributed by atoms with E-state index in [0.29, 0.717) is 17.8 Å². The second kappa shape index (κ2) is 5.76. The molecule has 0 spiro atoms. The molecule has 3 nitrogen and oxygen atoms in total. The highest BCUT2D eigenvalue weighted by molar-refractivity contribution is 6.26. The minimum atomic E-state index is -4.77. The van der Waals surface area contributed by atoms with Gasteiger partial charge in [-0.25, -0.2) is 0 Å². The van der Waals surface area contributed by atoms with Gasteiger partial charge in [0.2, 0.25) is 0 Å². The zero-order valence-electron chi connectivity index (χ0n) is 14.0. The molecule has 0 aromatic rings. The summed E-state index contributed by atoms with van der Waals surface area (Å²) in [4.78, 5) is 11.7. The zero-order chi connectivity index (χ0) is 18.0. The van der Waals surface area contributed by atoms with Gasteiger partial charge in [-0.15, -0.1) is 11.6 Å². The van der Waals surface area contributed by atoms with Crippen molar-refractivity contribution in [1.29, 1.82) is 0 Å². The Balaban J connectivity index is 1.94. The van der Waals surface area contributed by atoms with E-state index < -0.39 is 35.6 Å². The number of carbonyl (C=O) groups is 1. The second-order valence-corrected chi connectivity index (χ2v) is 8.37. The molecule has 1 N–H and O–H groups in total. The van der Waals surface area contributed by atoms with Crippen LogP contribution in [0.25, 0.3) is 0 Å². The van der Waals surface area contributed by atoms with Crippen molar-refractivity contribution >= 4 is 17.6 Å². The number of hydrogen-bond acceptors (Lipinski definition) is 3. The molecule has 3 aliphatic rings. The van der Waals surface area contributed by atoms with Gasteiger partial charge in [-0.05, 0) is 49.4 Å². The molecular weight excluding hydrogens is 345 g/mol. The molecule has 9 unspecified atom stereocenters. The van der Waals surface area contributed by atoms with Crippen molar-refractivity contribution in [2.24, 2.45) is 41.4 Å². The smallest absolute Gasteiger partial charge is 0.417 e. The van der Waals surface area contributed by atoms with Crippen molar-refractivity contribution < 1.29 is 27.8 Å². The maximum absolute atomic E-state index is 13.4. The topological polar surface area (TPSA) is 46.5 Å². The van der Waals surface area contributed by atoms with Gasteiger partial charge < -0.3 is 9.84 Å². The Labute approximate surface area is 144 Å². The van der Waals surface area contributed by atoms with Gasteiger partial charge >= 0.3 is 12.1 Å². The van der Waals surface area contributed by atoms with Crippen LogP contribution in [0.15, 0.2) is 0 Å². The summed E-state index contributed by atoms with van der Waals surface area (Å²) in [6, 6.07) is 0. The van der Waals surface area contributed by atoms with Crippen molar-refractivity contribution in [2.75, 3.05) is 5.88 Å². The van der Waals surface area contributed by atoms with Crippen LogP contribution in [0.2, 0.25) is 0 Å². The van der Waals surface area contributed by atoms with Crippen LogP contribution >= 0.6 is 11.6 Å². The summed E-state index contributed by atoms with van der Waals surface area (Å²) in [7, 11) is 0. The quantitative estimate of drug-likeness (QED) is 0.611. The summed E-state index contributed by atoms with van der Waals surface area (Å²) in [5.41, 5.74) is -2.87. The van der Waals surface area contributed by atoms with Crippen LogP contribution < -0.4 is 0 Å². The number of ether oxygens (including phenoxy) is 1. The number of fused-ring (bicyclic) bond motifs is 5. The van der Waals surface area contributed by atoms with Crippen molar-refractivity contribution in [3.05, 3.63) is 0 Å². The Morgan fingerprint density at radius 1 is 1.17 bits per heavy atom. The maximum atomic E-state index is 13.4. The van der Waals surface area contributed by atoms with Gasteiger partial charge in [0.05, 0.1) is 0 Å². The van der Waals surface area contributed by atoms with E-state index in [1.54, 1.807) is 0 Å². The minimum absolute atomic E-state index is 0.0770. The van der Waals surface area contributed by atoms with Gasteiger partial charge in [-0.1, -0.05) is 13.8 Å². The molecule has 3 fully saturated rings. The number of alkyl halides is 4. The number of esters is 1. The standard InChI is InChI=1S/C17H24ClF3O3/c1-7-8(2)10-4-9(7)11-5-12(16(3,23)17(19,20)21)15(14(10)11)24-13(22)6-18/h7-12,14-15,23H,4-6H2,1-3H3. The van der Waals surface area contributed by atoms with Crippen LogP contribution in [-0.4, -0.2) is 34.8 Å². The molecule has 2 bridgehead atoms. The molecule has 0 aliphatic heterocycles. The van der Waals surface area contributed by atoms with Crippen molar-refractivity contribution in [3.8, 4) is 0 Å². The molecule has 0 radical (unpaired) electrons. The first-order chi connectivity index (χ1) is 11.0. The van der Waals surface area contributed by atoms with Crippen LogP contribution in [0.1, 0.15) is 33.6 Å².